The Bertz CT molecular complexity index is 470. The number of carboxylic acid groups (broad SMARTS) is 1. The van der Waals surface area contributed by atoms with Crippen molar-refractivity contribution in [2.45, 2.75) is 26.4 Å². The Hall–Kier alpha value is -1.63. The molecule has 0 fully saturated rings. The number of pyridine rings is 1. The van der Waals surface area contributed by atoms with E-state index >= 15 is 0 Å². The summed E-state index contributed by atoms with van der Waals surface area (Å²) in [6, 6.07) is 1.46. The van der Waals surface area contributed by atoms with E-state index in [1.54, 1.807) is 20.8 Å². The van der Waals surface area contributed by atoms with Gasteiger partial charge in [0.15, 0.2) is 0 Å². The first-order valence-electron chi connectivity index (χ1n) is 5.07. The predicted octanol–water partition coefficient (Wildman–Crippen LogP) is 3.26. The molecule has 18 heavy (non-hydrogen) atoms. The lowest BCUT2D eigenvalue weighted by Crippen LogP contribution is -2.40. The molecule has 2 amide bonds. The number of halogens is 1. The third-order valence-electron chi connectivity index (χ3n) is 1.72. The number of rotatable bonds is 1. The van der Waals surface area contributed by atoms with E-state index in [9.17, 15) is 9.59 Å². The van der Waals surface area contributed by atoms with E-state index in [1.165, 1.54) is 18.5 Å². The summed E-state index contributed by atoms with van der Waals surface area (Å²) in [5.74, 6) is 0. The Morgan fingerprint density at radius 2 is 2.00 bits per heavy atom. The lowest BCUT2D eigenvalue weighted by atomic mass is 10.2. The van der Waals surface area contributed by atoms with E-state index in [1.807, 2.05) is 0 Å². The van der Waals surface area contributed by atoms with Gasteiger partial charge in [-0.25, -0.2) is 9.59 Å². The maximum Gasteiger partial charge on any atom is 0.424 e. The summed E-state index contributed by atoms with van der Waals surface area (Å²) in [4.78, 5) is 27.2. The predicted molar refractivity (Wildman–Crippen MR) is 68.7 cm³/mol. The molecule has 1 rings (SSSR count). The summed E-state index contributed by atoms with van der Waals surface area (Å²) in [7, 11) is 0. The average Bonchev–Trinajstić information content (AvgIpc) is 2.13. The van der Waals surface area contributed by atoms with Gasteiger partial charge in [0.05, 0.1) is 11.9 Å². The Morgan fingerprint density at radius 1 is 1.39 bits per heavy atom. The topological polar surface area (TPSA) is 79.7 Å². The second-order valence-corrected chi connectivity index (χ2v) is 5.38. The molecule has 0 atom stereocenters. The van der Waals surface area contributed by atoms with E-state index < -0.39 is 17.8 Å². The molecule has 0 aliphatic rings. The van der Waals surface area contributed by atoms with Crippen LogP contribution in [0.2, 0.25) is 0 Å². The highest BCUT2D eigenvalue weighted by Gasteiger charge is 2.28. The Kier molecular flexibility index (Phi) is 4.28. The molecule has 7 heteroatoms. The second kappa shape index (κ2) is 5.34. The van der Waals surface area contributed by atoms with Gasteiger partial charge in [-0.3, -0.25) is 4.98 Å². The summed E-state index contributed by atoms with van der Waals surface area (Å²) < 4.78 is 5.58. The van der Waals surface area contributed by atoms with Crippen LogP contribution in [0.5, 0.6) is 0 Å². The number of anilines is 1. The van der Waals surface area contributed by atoms with Gasteiger partial charge in [-0.1, -0.05) is 0 Å². The number of carbonyl (C=O) groups excluding carboxylic acids is 1. The molecule has 0 aliphatic carbocycles. The van der Waals surface area contributed by atoms with Crippen molar-refractivity contribution >= 4 is 33.8 Å². The number of amides is 2. The molecule has 1 aromatic heterocycles. The molecule has 0 saturated carbocycles. The Morgan fingerprint density at radius 3 is 2.44 bits per heavy atom. The number of nitrogens with zero attached hydrogens (tertiary/aromatic N) is 2. The normalized spacial score (nSPS) is 10.9. The van der Waals surface area contributed by atoms with Crippen molar-refractivity contribution in [2.75, 3.05) is 4.90 Å². The monoisotopic (exact) mass is 316 g/mol. The number of carbonyl (C=O) groups is 2. The minimum absolute atomic E-state index is 0.117. The van der Waals surface area contributed by atoms with E-state index in [0.29, 0.717) is 9.37 Å². The fourth-order valence-corrected chi connectivity index (χ4v) is 1.48. The maximum absolute atomic E-state index is 11.8. The summed E-state index contributed by atoms with van der Waals surface area (Å²) in [5, 5.41) is 9.07. The van der Waals surface area contributed by atoms with Crippen molar-refractivity contribution in [1.29, 1.82) is 0 Å². The van der Waals surface area contributed by atoms with E-state index in [-0.39, 0.29) is 5.69 Å². The second-order valence-electron chi connectivity index (χ2n) is 4.46. The number of ether oxygens (including phenoxy) is 1. The number of aromatic nitrogens is 1. The van der Waals surface area contributed by atoms with Crippen molar-refractivity contribution in [3.05, 3.63) is 22.9 Å². The van der Waals surface area contributed by atoms with Crippen molar-refractivity contribution in [1.82, 2.24) is 4.98 Å². The molecule has 0 saturated heterocycles. The van der Waals surface area contributed by atoms with Crippen LogP contribution in [-0.2, 0) is 4.74 Å². The van der Waals surface area contributed by atoms with Gasteiger partial charge in [-0.15, -0.1) is 0 Å². The van der Waals surface area contributed by atoms with Crippen LogP contribution in [-0.4, -0.2) is 27.9 Å². The van der Waals surface area contributed by atoms with Crippen molar-refractivity contribution < 1.29 is 19.4 Å². The van der Waals surface area contributed by atoms with Crippen LogP contribution in [0.1, 0.15) is 20.8 Å². The highest BCUT2D eigenvalue weighted by molar-refractivity contribution is 9.10. The fraction of sp³-hybridized carbons (Fsp3) is 0.364. The molecule has 1 N–H and O–H groups in total. The lowest BCUT2D eigenvalue weighted by molar-refractivity contribution is 0.0582. The minimum Gasteiger partial charge on any atom is -0.464 e. The average molecular weight is 317 g/mol. The summed E-state index contributed by atoms with van der Waals surface area (Å²) >= 11 is 3.16. The fourth-order valence-electron chi connectivity index (χ4n) is 1.12. The zero-order chi connectivity index (χ0) is 13.9. The molecular weight excluding hydrogens is 304 g/mol. The van der Waals surface area contributed by atoms with Crippen LogP contribution in [0.25, 0.3) is 0 Å². The van der Waals surface area contributed by atoms with Gasteiger partial charge in [-0.05, 0) is 42.8 Å². The number of imide groups is 1. The zero-order valence-corrected chi connectivity index (χ0v) is 11.8. The first kappa shape index (κ1) is 14.4. The zero-order valence-electron chi connectivity index (χ0n) is 10.2. The molecule has 1 aromatic rings. The van der Waals surface area contributed by atoms with E-state index in [4.69, 9.17) is 9.84 Å². The molecule has 0 aliphatic heterocycles. The summed E-state index contributed by atoms with van der Waals surface area (Å²) in [6.45, 7) is 4.97. The molecule has 0 unspecified atom stereocenters. The minimum atomic E-state index is -1.43. The Labute approximate surface area is 113 Å². The van der Waals surface area contributed by atoms with Crippen molar-refractivity contribution in [2.24, 2.45) is 0 Å². The van der Waals surface area contributed by atoms with Gasteiger partial charge in [0.25, 0.3) is 0 Å². The van der Waals surface area contributed by atoms with Crippen LogP contribution in [0, 0.1) is 0 Å². The van der Waals surface area contributed by atoms with Gasteiger partial charge >= 0.3 is 12.2 Å². The molecule has 0 aromatic carbocycles. The molecular formula is C11H13BrN2O4. The van der Waals surface area contributed by atoms with E-state index in [2.05, 4.69) is 20.9 Å². The first-order valence-corrected chi connectivity index (χ1v) is 5.86. The van der Waals surface area contributed by atoms with Gasteiger partial charge in [0, 0.05) is 10.7 Å². The van der Waals surface area contributed by atoms with Gasteiger partial charge in [0.2, 0.25) is 0 Å². The smallest absolute Gasteiger partial charge is 0.424 e. The molecule has 0 bridgehead atoms. The van der Waals surface area contributed by atoms with Gasteiger partial charge in [0.1, 0.15) is 5.60 Å². The van der Waals surface area contributed by atoms with Gasteiger partial charge in [-0.2, -0.15) is 4.90 Å². The first-order chi connectivity index (χ1) is 8.20. The van der Waals surface area contributed by atoms with Crippen LogP contribution in [0.4, 0.5) is 15.3 Å². The van der Waals surface area contributed by atoms with E-state index in [0.717, 1.165) is 0 Å². The highest BCUT2D eigenvalue weighted by atomic mass is 79.9. The summed E-state index contributed by atoms with van der Waals surface area (Å²) in [6.07, 6.45) is 0.362. The quantitative estimate of drug-likeness (QED) is 0.860. The molecule has 0 spiro atoms. The van der Waals surface area contributed by atoms with Crippen LogP contribution < -0.4 is 4.90 Å². The third-order valence-corrected chi connectivity index (χ3v) is 2.15. The largest absolute Gasteiger partial charge is 0.464 e. The Balaban J connectivity index is 3.04. The highest BCUT2D eigenvalue weighted by Crippen LogP contribution is 2.21. The molecule has 6 nitrogen and oxygen atoms in total. The van der Waals surface area contributed by atoms with Crippen molar-refractivity contribution in [3.63, 3.8) is 0 Å². The maximum atomic E-state index is 11.8. The number of hydrogen-bond acceptors (Lipinski definition) is 4. The van der Waals surface area contributed by atoms with Crippen molar-refractivity contribution in [3.8, 4) is 0 Å². The van der Waals surface area contributed by atoms with Gasteiger partial charge < -0.3 is 9.84 Å². The molecule has 98 valence electrons. The lowest BCUT2D eigenvalue weighted by Gasteiger charge is -2.24. The van der Waals surface area contributed by atoms with Crippen LogP contribution in [0.3, 0.4) is 0 Å². The SMILES string of the molecule is CC(C)(C)OC(=O)N(C(=O)O)c1cncc(Br)c1. The van der Waals surface area contributed by atoms with Crippen LogP contribution >= 0.6 is 15.9 Å². The standard InChI is InChI=1S/C11H13BrN2O4/c1-11(2,3)18-10(17)14(9(15)16)8-4-7(12)5-13-6-8/h4-6H,1-3H3,(H,15,16). The molecule has 0 radical (unpaired) electrons. The summed E-state index contributed by atoms with van der Waals surface area (Å²) in [5.41, 5.74) is -0.657. The third kappa shape index (κ3) is 3.99. The molecule has 1 heterocycles. The number of hydrogen-bond donors (Lipinski definition) is 1. The van der Waals surface area contributed by atoms with Crippen LogP contribution in [0.15, 0.2) is 22.9 Å².